The number of furan rings is 1. The minimum absolute atomic E-state index is 0.0171. The van der Waals surface area contributed by atoms with Gasteiger partial charge in [-0.05, 0) is 28.8 Å². The summed E-state index contributed by atoms with van der Waals surface area (Å²) < 4.78 is 33.1. The fourth-order valence-electron chi connectivity index (χ4n) is 2.54. The van der Waals surface area contributed by atoms with Crippen molar-refractivity contribution in [3.05, 3.63) is 16.5 Å². The second kappa shape index (κ2) is 7.06. The molecular formula is C13H21BrN2O3S. The number of nitrogens with two attached hydrogens (primary N) is 1. The first-order valence-corrected chi connectivity index (χ1v) is 9.31. The largest absolute Gasteiger partial charge is 0.452 e. The molecule has 1 aromatic heterocycles. The highest BCUT2D eigenvalue weighted by atomic mass is 79.9. The van der Waals surface area contributed by atoms with Gasteiger partial charge in [0.15, 0.2) is 4.67 Å². The van der Waals surface area contributed by atoms with Crippen LogP contribution in [0.3, 0.4) is 0 Å². The Labute approximate surface area is 128 Å². The van der Waals surface area contributed by atoms with Crippen LogP contribution in [0.4, 0.5) is 0 Å². The van der Waals surface area contributed by atoms with Gasteiger partial charge in [-0.2, -0.15) is 0 Å². The number of hydrogen-bond acceptors (Lipinski definition) is 4. The van der Waals surface area contributed by atoms with Crippen molar-refractivity contribution in [1.29, 1.82) is 0 Å². The molecule has 0 aromatic carbocycles. The van der Waals surface area contributed by atoms with E-state index in [0.717, 1.165) is 25.7 Å². The van der Waals surface area contributed by atoms with E-state index in [1.807, 2.05) is 0 Å². The van der Waals surface area contributed by atoms with E-state index in [-0.39, 0.29) is 22.2 Å². The van der Waals surface area contributed by atoms with Gasteiger partial charge in [-0.15, -0.1) is 0 Å². The summed E-state index contributed by atoms with van der Waals surface area (Å²) in [5.74, 6) is 0.454. The Morgan fingerprint density at radius 2 is 1.85 bits per heavy atom. The Bertz CT molecular complexity index is 534. The van der Waals surface area contributed by atoms with E-state index in [4.69, 9.17) is 10.2 Å². The van der Waals surface area contributed by atoms with E-state index in [0.29, 0.717) is 5.76 Å². The molecule has 0 aliphatic heterocycles. The van der Waals surface area contributed by atoms with Crippen molar-refractivity contribution in [3.8, 4) is 0 Å². The molecule has 20 heavy (non-hydrogen) atoms. The first-order valence-electron chi connectivity index (χ1n) is 7.03. The molecule has 0 bridgehead atoms. The maximum absolute atomic E-state index is 12.4. The van der Waals surface area contributed by atoms with Gasteiger partial charge in [0.2, 0.25) is 10.0 Å². The van der Waals surface area contributed by atoms with Gasteiger partial charge in [0, 0.05) is 12.1 Å². The van der Waals surface area contributed by atoms with E-state index in [9.17, 15) is 8.42 Å². The van der Waals surface area contributed by atoms with Crippen molar-refractivity contribution in [2.45, 2.75) is 62.4 Å². The third kappa shape index (κ3) is 4.07. The summed E-state index contributed by atoms with van der Waals surface area (Å²) in [5.41, 5.74) is 5.47. The molecule has 0 spiro atoms. The van der Waals surface area contributed by atoms with Crippen LogP contribution in [0.25, 0.3) is 0 Å². The lowest BCUT2D eigenvalue weighted by molar-refractivity contribution is 0.425. The molecule has 1 saturated carbocycles. The smallest absolute Gasteiger partial charge is 0.245 e. The van der Waals surface area contributed by atoms with Gasteiger partial charge < -0.3 is 10.2 Å². The second-order valence-electron chi connectivity index (χ2n) is 5.22. The van der Waals surface area contributed by atoms with Crippen molar-refractivity contribution >= 4 is 26.0 Å². The first kappa shape index (κ1) is 16.0. The molecule has 0 saturated heterocycles. The summed E-state index contributed by atoms with van der Waals surface area (Å²) in [6, 6.07) is 1.50. The van der Waals surface area contributed by atoms with Crippen LogP contribution in [-0.4, -0.2) is 14.5 Å². The predicted octanol–water partition coefficient (Wildman–Crippen LogP) is 2.89. The van der Waals surface area contributed by atoms with Gasteiger partial charge in [-0.1, -0.05) is 32.1 Å². The summed E-state index contributed by atoms with van der Waals surface area (Å²) in [6.07, 6.45) is 7.58. The normalized spacial score (nSPS) is 18.7. The zero-order chi connectivity index (χ0) is 14.6. The number of halogens is 1. The Morgan fingerprint density at radius 3 is 2.40 bits per heavy atom. The van der Waals surface area contributed by atoms with Gasteiger partial charge in [0.1, 0.15) is 10.7 Å². The highest BCUT2D eigenvalue weighted by molar-refractivity contribution is 9.10. The SMILES string of the molecule is NCc1cc(S(=O)(=O)NC2CCCCCCC2)c(Br)o1. The monoisotopic (exact) mass is 364 g/mol. The highest BCUT2D eigenvalue weighted by Gasteiger charge is 2.25. The molecule has 2 rings (SSSR count). The molecule has 114 valence electrons. The topological polar surface area (TPSA) is 85.3 Å². The Hall–Kier alpha value is -0.370. The van der Waals surface area contributed by atoms with Crippen molar-refractivity contribution in [3.63, 3.8) is 0 Å². The minimum Gasteiger partial charge on any atom is -0.452 e. The summed E-state index contributed by atoms with van der Waals surface area (Å²) in [4.78, 5) is 0.139. The van der Waals surface area contributed by atoms with Crippen molar-refractivity contribution < 1.29 is 12.8 Å². The summed E-state index contributed by atoms with van der Waals surface area (Å²) in [5, 5.41) is 0. The van der Waals surface area contributed by atoms with Crippen LogP contribution in [0.2, 0.25) is 0 Å². The quantitative estimate of drug-likeness (QED) is 0.859. The molecule has 0 unspecified atom stereocenters. The second-order valence-corrected chi connectivity index (χ2v) is 7.62. The first-order chi connectivity index (χ1) is 9.53. The molecule has 7 heteroatoms. The van der Waals surface area contributed by atoms with Crippen LogP contribution in [0, 0.1) is 0 Å². The van der Waals surface area contributed by atoms with E-state index >= 15 is 0 Å². The van der Waals surface area contributed by atoms with Gasteiger partial charge in [-0.3, -0.25) is 0 Å². The van der Waals surface area contributed by atoms with Gasteiger partial charge in [-0.25, -0.2) is 13.1 Å². The fraction of sp³-hybridized carbons (Fsp3) is 0.692. The zero-order valence-electron chi connectivity index (χ0n) is 11.4. The molecular weight excluding hydrogens is 344 g/mol. The Morgan fingerprint density at radius 1 is 1.25 bits per heavy atom. The molecule has 1 aliphatic rings. The van der Waals surface area contributed by atoms with Crippen LogP contribution in [0.1, 0.15) is 50.7 Å². The maximum atomic E-state index is 12.4. The van der Waals surface area contributed by atoms with Gasteiger partial charge in [0.25, 0.3) is 0 Å². The van der Waals surface area contributed by atoms with E-state index in [1.54, 1.807) is 0 Å². The number of nitrogens with one attached hydrogen (secondary N) is 1. The number of rotatable bonds is 4. The summed E-state index contributed by atoms with van der Waals surface area (Å²) >= 11 is 3.15. The van der Waals surface area contributed by atoms with Crippen molar-refractivity contribution in [2.24, 2.45) is 5.73 Å². The third-order valence-corrected chi connectivity index (χ3v) is 6.00. The standard InChI is InChI=1S/C13H21BrN2O3S/c14-13-12(8-11(9-15)19-13)20(17,18)16-10-6-4-2-1-3-5-7-10/h8,10,16H,1-7,9,15H2. The molecule has 3 N–H and O–H groups in total. The summed E-state index contributed by atoms with van der Waals surface area (Å²) in [7, 11) is -3.55. The molecule has 0 amide bonds. The number of sulfonamides is 1. The highest BCUT2D eigenvalue weighted by Crippen LogP contribution is 2.27. The average molecular weight is 365 g/mol. The van der Waals surface area contributed by atoms with Crippen LogP contribution in [-0.2, 0) is 16.6 Å². The number of hydrogen-bond donors (Lipinski definition) is 2. The minimum atomic E-state index is -3.55. The molecule has 0 atom stereocenters. The van der Waals surface area contributed by atoms with Crippen LogP contribution < -0.4 is 10.5 Å². The van der Waals surface area contributed by atoms with Gasteiger partial charge >= 0.3 is 0 Å². The third-order valence-electron chi connectivity index (χ3n) is 3.62. The van der Waals surface area contributed by atoms with E-state index in [1.165, 1.54) is 25.3 Å². The Balaban J connectivity index is 2.10. The molecule has 1 aromatic rings. The zero-order valence-corrected chi connectivity index (χ0v) is 13.8. The molecule has 0 radical (unpaired) electrons. The van der Waals surface area contributed by atoms with Crippen LogP contribution >= 0.6 is 15.9 Å². The molecule has 1 heterocycles. The fourth-order valence-corrected chi connectivity index (χ4v) is 4.84. The van der Waals surface area contributed by atoms with Crippen molar-refractivity contribution in [2.75, 3.05) is 0 Å². The lowest BCUT2D eigenvalue weighted by Crippen LogP contribution is -2.35. The van der Waals surface area contributed by atoms with Crippen LogP contribution in [0.5, 0.6) is 0 Å². The van der Waals surface area contributed by atoms with E-state index < -0.39 is 10.0 Å². The predicted molar refractivity (Wildman–Crippen MR) is 80.7 cm³/mol. The molecule has 1 aliphatic carbocycles. The Kier molecular flexibility index (Phi) is 5.65. The maximum Gasteiger partial charge on any atom is 0.245 e. The van der Waals surface area contributed by atoms with Crippen LogP contribution in [0.15, 0.2) is 20.0 Å². The lowest BCUT2D eigenvalue weighted by atomic mass is 9.97. The van der Waals surface area contributed by atoms with Crippen molar-refractivity contribution in [1.82, 2.24) is 4.72 Å². The summed E-state index contributed by atoms with van der Waals surface area (Å²) in [6.45, 7) is 0.178. The molecule has 5 nitrogen and oxygen atoms in total. The molecule has 1 fully saturated rings. The average Bonchev–Trinajstić information content (AvgIpc) is 2.75. The van der Waals surface area contributed by atoms with Gasteiger partial charge in [0.05, 0.1) is 6.54 Å². The lowest BCUT2D eigenvalue weighted by Gasteiger charge is -2.20. The van der Waals surface area contributed by atoms with E-state index in [2.05, 4.69) is 20.7 Å².